The fourth-order valence-corrected chi connectivity index (χ4v) is 4.56. The first-order valence-corrected chi connectivity index (χ1v) is 11.0. The van der Waals surface area contributed by atoms with E-state index in [-0.39, 0.29) is 0 Å². The quantitative estimate of drug-likeness (QED) is 0.305. The lowest BCUT2D eigenvalue weighted by Gasteiger charge is -2.37. The Labute approximate surface area is 194 Å². The van der Waals surface area contributed by atoms with Crippen LogP contribution >= 0.6 is 0 Å². The lowest BCUT2D eigenvalue weighted by atomic mass is 9.76. The highest BCUT2D eigenvalue weighted by atomic mass is 15.1. The SMILES string of the molecule is N#Cc1ccc(Cc2ccc(C(c3ccccc3)(c3ccccc3)n3ccnc3)cc2)cc1. The summed E-state index contributed by atoms with van der Waals surface area (Å²) in [5, 5.41) is 9.03. The van der Waals surface area contributed by atoms with E-state index in [0.29, 0.717) is 5.56 Å². The molecular formula is C30H23N3. The third-order valence-electron chi connectivity index (χ3n) is 6.14. The molecular weight excluding hydrogens is 402 g/mol. The van der Waals surface area contributed by atoms with Crippen molar-refractivity contribution in [2.24, 2.45) is 0 Å². The predicted octanol–water partition coefficient (Wildman–Crippen LogP) is 6.19. The van der Waals surface area contributed by atoms with E-state index in [4.69, 9.17) is 5.26 Å². The molecule has 158 valence electrons. The predicted molar refractivity (Wildman–Crippen MR) is 131 cm³/mol. The van der Waals surface area contributed by atoms with Crippen LogP contribution in [0.2, 0.25) is 0 Å². The summed E-state index contributed by atoms with van der Waals surface area (Å²) in [7, 11) is 0. The highest BCUT2D eigenvalue weighted by Gasteiger charge is 2.37. The van der Waals surface area contributed by atoms with E-state index in [1.807, 2.05) is 55.1 Å². The molecule has 5 aromatic rings. The summed E-state index contributed by atoms with van der Waals surface area (Å²) in [6.45, 7) is 0. The fraction of sp³-hybridized carbons (Fsp3) is 0.0667. The van der Waals surface area contributed by atoms with Crippen LogP contribution in [0.15, 0.2) is 128 Å². The zero-order valence-electron chi connectivity index (χ0n) is 18.2. The second kappa shape index (κ2) is 8.98. The van der Waals surface area contributed by atoms with Crippen molar-refractivity contribution in [3.63, 3.8) is 0 Å². The number of hydrogen-bond acceptors (Lipinski definition) is 2. The molecule has 0 saturated carbocycles. The van der Waals surface area contributed by atoms with Gasteiger partial charge in [0.25, 0.3) is 0 Å². The minimum Gasteiger partial charge on any atom is -0.319 e. The van der Waals surface area contributed by atoms with E-state index in [0.717, 1.165) is 6.42 Å². The number of hydrogen-bond donors (Lipinski definition) is 0. The first kappa shape index (κ1) is 20.5. The van der Waals surface area contributed by atoms with Gasteiger partial charge in [-0.3, -0.25) is 0 Å². The van der Waals surface area contributed by atoms with Crippen LogP contribution < -0.4 is 0 Å². The maximum atomic E-state index is 9.03. The Kier molecular flexibility index (Phi) is 5.57. The molecule has 1 heterocycles. The van der Waals surface area contributed by atoms with E-state index in [2.05, 4.69) is 88.4 Å². The van der Waals surface area contributed by atoms with Crippen LogP contribution in [0.1, 0.15) is 33.4 Å². The van der Waals surface area contributed by atoms with Gasteiger partial charge in [-0.1, -0.05) is 97.1 Å². The molecule has 0 radical (unpaired) electrons. The van der Waals surface area contributed by atoms with E-state index in [1.54, 1.807) is 0 Å². The maximum Gasteiger partial charge on any atom is 0.121 e. The molecule has 5 rings (SSSR count). The topological polar surface area (TPSA) is 41.6 Å². The molecule has 0 bridgehead atoms. The van der Waals surface area contributed by atoms with Crippen molar-refractivity contribution in [1.29, 1.82) is 5.26 Å². The van der Waals surface area contributed by atoms with Crippen molar-refractivity contribution in [1.82, 2.24) is 9.55 Å². The van der Waals surface area contributed by atoms with Crippen LogP contribution in [-0.2, 0) is 12.0 Å². The Hall–Kier alpha value is -4.42. The smallest absolute Gasteiger partial charge is 0.121 e. The van der Waals surface area contributed by atoms with Crippen molar-refractivity contribution in [3.8, 4) is 6.07 Å². The number of rotatable bonds is 6. The molecule has 0 aliphatic rings. The third kappa shape index (κ3) is 3.84. The Morgan fingerprint density at radius 3 is 1.67 bits per heavy atom. The third-order valence-corrected chi connectivity index (χ3v) is 6.14. The summed E-state index contributed by atoms with van der Waals surface area (Å²) >= 11 is 0. The van der Waals surface area contributed by atoms with E-state index < -0.39 is 5.54 Å². The normalized spacial score (nSPS) is 11.1. The number of benzene rings is 4. The molecule has 0 fully saturated rings. The molecule has 0 N–H and O–H groups in total. The molecule has 0 amide bonds. The Morgan fingerprint density at radius 2 is 1.18 bits per heavy atom. The summed E-state index contributed by atoms with van der Waals surface area (Å²) in [5.41, 5.74) is 6.08. The second-order valence-electron chi connectivity index (χ2n) is 8.09. The lowest BCUT2D eigenvalue weighted by molar-refractivity contribution is 0.514. The molecule has 0 saturated heterocycles. The minimum atomic E-state index is -0.536. The molecule has 0 atom stereocenters. The van der Waals surface area contributed by atoms with Gasteiger partial charge < -0.3 is 4.57 Å². The van der Waals surface area contributed by atoms with Crippen LogP contribution in [0, 0.1) is 11.3 Å². The molecule has 0 unspecified atom stereocenters. The fourth-order valence-electron chi connectivity index (χ4n) is 4.56. The summed E-state index contributed by atoms with van der Waals surface area (Å²) in [6, 6.07) is 40.0. The highest BCUT2D eigenvalue weighted by molar-refractivity contribution is 5.51. The van der Waals surface area contributed by atoms with Crippen LogP contribution in [0.4, 0.5) is 0 Å². The number of aromatic nitrogens is 2. The monoisotopic (exact) mass is 425 g/mol. The van der Waals surface area contributed by atoms with Crippen molar-refractivity contribution in [3.05, 3.63) is 161 Å². The Morgan fingerprint density at radius 1 is 0.667 bits per heavy atom. The average Bonchev–Trinajstić information content (AvgIpc) is 3.43. The van der Waals surface area contributed by atoms with Crippen LogP contribution in [-0.4, -0.2) is 9.55 Å². The molecule has 1 aromatic heterocycles. The van der Waals surface area contributed by atoms with Gasteiger partial charge in [-0.25, -0.2) is 4.98 Å². The van der Waals surface area contributed by atoms with E-state index in [1.165, 1.54) is 27.8 Å². The minimum absolute atomic E-state index is 0.536. The molecule has 33 heavy (non-hydrogen) atoms. The lowest BCUT2D eigenvalue weighted by Crippen LogP contribution is -2.36. The standard InChI is InChI=1S/C30H23N3/c31-22-26-13-11-24(12-14-26)21-25-15-17-29(18-16-25)30(33-20-19-32-23-33,27-7-3-1-4-8-27)28-9-5-2-6-10-28/h1-20,23H,21H2. The van der Waals surface area contributed by atoms with Crippen molar-refractivity contribution < 1.29 is 0 Å². The average molecular weight is 426 g/mol. The highest BCUT2D eigenvalue weighted by Crippen LogP contribution is 2.40. The summed E-state index contributed by atoms with van der Waals surface area (Å²) in [5.74, 6) is 0. The zero-order valence-corrected chi connectivity index (χ0v) is 18.2. The van der Waals surface area contributed by atoms with Crippen LogP contribution in [0.25, 0.3) is 0 Å². The molecule has 0 aliphatic heterocycles. The van der Waals surface area contributed by atoms with E-state index in [9.17, 15) is 0 Å². The number of imidazole rings is 1. The Bertz CT molecular complexity index is 1310. The first-order chi connectivity index (χ1) is 16.3. The van der Waals surface area contributed by atoms with Crippen LogP contribution in [0.5, 0.6) is 0 Å². The number of nitrogens with zero attached hydrogens (tertiary/aromatic N) is 3. The van der Waals surface area contributed by atoms with Crippen molar-refractivity contribution in [2.45, 2.75) is 12.0 Å². The van der Waals surface area contributed by atoms with Gasteiger partial charge in [0.2, 0.25) is 0 Å². The largest absolute Gasteiger partial charge is 0.319 e. The molecule has 4 aromatic carbocycles. The molecule has 3 nitrogen and oxygen atoms in total. The summed E-state index contributed by atoms with van der Waals surface area (Å²) < 4.78 is 2.19. The van der Waals surface area contributed by atoms with Gasteiger partial charge in [0.05, 0.1) is 18.0 Å². The van der Waals surface area contributed by atoms with Gasteiger partial charge in [0.15, 0.2) is 0 Å². The van der Waals surface area contributed by atoms with Gasteiger partial charge in [0, 0.05) is 12.4 Å². The van der Waals surface area contributed by atoms with Gasteiger partial charge >= 0.3 is 0 Å². The second-order valence-corrected chi connectivity index (χ2v) is 8.09. The van der Waals surface area contributed by atoms with Gasteiger partial charge in [-0.15, -0.1) is 0 Å². The summed E-state index contributed by atoms with van der Waals surface area (Å²) in [6.07, 6.45) is 6.58. The zero-order chi connectivity index (χ0) is 22.5. The van der Waals surface area contributed by atoms with Crippen molar-refractivity contribution >= 4 is 0 Å². The van der Waals surface area contributed by atoms with Crippen LogP contribution in [0.3, 0.4) is 0 Å². The van der Waals surface area contributed by atoms with Gasteiger partial charge in [-0.2, -0.15) is 5.26 Å². The summed E-state index contributed by atoms with van der Waals surface area (Å²) in [4.78, 5) is 4.39. The molecule has 0 spiro atoms. The van der Waals surface area contributed by atoms with Crippen molar-refractivity contribution in [2.75, 3.05) is 0 Å². The molecule has 0 aliphatic carbocycles. The molecule has 3 heteroatoms. The number of nitriles is 1. The maximum absolute atomic E-state index is 9.03. The van der Waals surface area contributed by atoms with E-state index >= 15 is 0 Å². The van der Waals surface area contributed by atoms with Gasteiger partial charge in [-0.05, 0) is 46.4 Å². The first-order valence-electron chi connectivity index (χ1n) is 11.0. The van der Waals surface area contributed by atoms with Gasteiger partial charge in [0.1, 0.15) is 5.54 Å². The Balaban J connectivity index is 1.62.